The first-order chi connectivity index (χ1) is 3.79. The third-order valence-electron chi connectivity index (χ3n) is 1.69. The maximum absolute atomic E-state index is 9.00. The Morgan fingerprint density at radius 3 is 2.25 bits per heavy atom. The fourth-order valence-electron chi connectivity index (χ4n) is 0.995. The predicted molar refractivity (Wildman–Crippen MR) is 33.0 cm³/mol. The van der Waals surface area contributed by atoms with E-state index in [1.807, 2.05) is 0 Å². The highest BCUT2D eigenvalue weighted by molar-refractivity contribution is 4.70. The van der Waals surface area contributed by atoms with Crippen LogP contribution < -0.4 is 4.90 Å². The Hall–Kier alpha value is -0.0800. The van der Waals surface area contributed by atoms with Gasteiger partial charge >= 0.3 is 0 Å². The summed E-state index contributed by atoms with van der Waals surface area (Å²) in [6, 6.07) is 0. The molecule has 1 heterocycles. The number of hydrogen-bond donors (Lipinski definition) is 1. The van der Waals surface area contributed by atoms with Crippen LogP contribution in [0.1, 0.15) is 12.8 Å². The van der Waals surface area contributed by atoms with Gasteiger partial charge in [0.25, 0.3) is 0 Å². The first-order valence-electron chi connectivity index (χ1n) is 3.15. The number of hydrogen-bond acceptors (Lipinski definition) is 2. The number of likely N-dealkylation sites (tertiary alicyclic amines) is 1. The van der Waals surface area contributed by atoms with E-state index >= 15 is 0 Å². The van der Waals surface area contributed by atoms with Crippen molar-refractivity contribution in [2.45, 2.75) is 18.9 Å². The zero-order chi connectivity index (χ0) is 5.98. The van der Waals surface area contributed by atoms with Crippen molar-refractivity contribution >= 4 is 0 Å². The van der Waals surface area contributed by atoms with Crippen molar-refractivity contribution in [3.8, 4) is 0 Å². The summed E-state index contributed by atoms with van der Waals surface area (Å²) < 4.78 is 0. The average Bonchev–Trinajstić information content (AvgIpc) is 1.77. The van der Waals surface area contributed by atoms with Crippen molar-refractivity contribution in [3.05, 3.63) is 0 Å². The Morgan fingerprint density at radius 2 is 1.88 bits per heavy atom. The lowest BCUT2D eigenvalue weighted by molar-refractivity contribution is 0.120. The topological polar surface area (TPSA) is 26.1 Å². The number of nitrogens with zero attached hydrogens (tertiary/aromatic N) is 1. The lowest BCUT2D eigenvalue weighted by atomic mass is 10.1. The summed E-state index contributed by atoms with van der Waals surface area (Å²) in [4.78, 5) is 2.24. The third kappa shape index (κ3) is 1.46. The van der Waals surface area contributed by atoms with Crippen LogP contribution in [0.4, 0.5) is 0 Å². The van der Waals surface area contributed by atoms with E-state index in [9.17, 15) is 0 Å². The second-order valence-corrected chi connectivity index (χ2v) is 2.53. The summed E-state index contributed by atoms with van der Waals surface area (Å²) in [5, 5.41) is 9.00. The Balaban J connectivity index is 2.19. The quantitative estimate of drug-likeness (QED) is 0.439. The number of aliphatic hydroxyl groups is 1. The van der Waals surface area contributed by atoms with E-state index in [2.05, 4.69) is 11.9 Å². The number of aliphatic hydroxyl groups excluding tert-OH is 1. The molecule has 1 N–H and O–H groups in total. The highest BCUT2D eigenvalue weighted by atomic mass is 16.3. The van der Waals surface area contributed by atoms with Crippen LogP contribution in [-0.4, -0.2) is 31.3 Å². The second-order valence-electron chi connectivity index (χ2n) is 2.53. The molecule has 0 spiro atoms. The summed E-state index contributed by atoms with van der Waals surface area (Å²) in [7, 11) is 2.09. The van der Waals surface area contributed by atoms with Gasteiger partial charge in [-0.25, -0.2) is 0 Å². The second kappa shape index (κ2) is 2.46. The Morgan fingerprint density at radius 1 is 1.38 bits per heavy atom. The van der Waals surface area contributed by atoms with Gasteiger partial charge in [0.15, 0.2) is 0 Å². The first-order valence-corrected chi connectivity index (χ1v) is 3.15. The summed E-state index contributed by atoms with van der Waals surface area (Å²) in [5.41, 5.74) is 0. The van der Waals surface area contributed by atoms with Gasteiger partial charge in [-0.1, -0.05) is 0 Å². The molecule has 0 bridgehead atoms. The predicted octanol–water partition coefficient (Wildman–Crippen LogP) is -0.0890. The van der Waals surface area contributed by atoms with Crippen LogP contribution in [0.3, 0.4) is 0 Å². The van der Waals surface area contributed by atoms with Crippen LogP contribution in [-0.2, 0) is 0 Å². The molecule has 1 saturated heterocycles. The molecule has 0 aliphatic carbocycles. The van der Waals surface area contributed by atoms with Crippen molar-refractivity contribution in [2.24, 2.45) is 0 Å². The highest BCUT2D eigenvalue weighted by Crippen LogP contribution is 2.04. The minimum Gasteiger partial charge on any atom is -0.393 e. The highest BCUT2D eigenvalue weighted by Gasteiger charge is 2.19. The van der Waals surface area contributed by atoms with E-state index in [0.717, 1.165) is 25.9 Å². The summed E-state index contributed by atoms with van der Waals surface area (Å²) in [5.74, 6) is 0. The van der Waals surface area contributed by atoms with Crippen LogP contribution >= 0.6 is 0 Å². The van der Waals surface area contributed by atoms with Crippen LogP contribution in [0.15, 0.2) is 0 Å². The van der Waals surface area contributed by atoms with E-state index < -0.39 is 0 Å². The molecule has 0 amide bonds. The standard InChI is InChI=1S/C6H13NO/c1-7-4-2-6(8)3-5-7/h6,8H,2-5H2,1H3/q+1. The molecule has 0 aromatic heterocycles. The largest absolute Gasteiger partial charge is 0.393 e. The van der Waals surface area contributed by atoms with Gasteiger partial charge in [-0.2, -0.15) is 4.90 Å². The monoisotopic (exact) mass is 115 g/mol. The fraction of sp³-hybridized carbons (Fsp3) is 1.00. The molecule has 2 nitrogen and oxygen atoms in total. The van der Waals surface area contributed by atoms with Crippen molar-refractivity contribution in [1.29, 1.82) is 0 Å². The van der Waals surface area contributed by atoms with E-state index in [1.165, 1.54) is 0 Å². The van der Waals surface area contributed by atoms with Crippen molar-refractivity contribution in [2.75, 3.05) is 20.1 Å². The molecule has 1 fully saturated rings. The van der Waals surface area contributed by atoms with Gasteiger partial charge in [-0.15, -0.1) is 0 Å². The lowest BCUT2D eigenvalue weighted by Gasteiger charge is -2.17. The Bertz CT molecular complexity index is 56.9. The van der Waals surface area contributed by atoms with Gasteiger partial charge in [0.05, 0.1) is 6.10 Å². The molecule has 0 aromatic rings. The van der Waals surface area contributed by atoms with Crippen LogP contribution in [0.2, 0.25) is 0 Å². The SMILES string of the molecule is C[N+]1CCC(O)CC1. The minimum absolute atomic E-state index is 0.0220. The smallest absolute Gasteiger partial charge is 0.125 e. The van der Waals surface area contributed by atoms with Gasteiger partial charge in [-0.05, 0) is 0 Å². The summed E-state index contributed by atoms with van der Waals surface area (Å²) in [6.07, 6.45) is 1.89. The summed E-state index contributed by atoms with van der Waals surface area (Å²) in [6.45, 7) is 2.11. The van der Waals surface area contributed by atoms with Crippen molar-refractivity contribution in [3.63, 3.8) is 0 Å². The van der Waals surface area contributed by atoms with E-state index in [4.69, 9.17) is 5.11 Å². The average molecular weight is 115 g/mol. The molecule has 1 radical (unpaired) electrons. The molecular formula is C6H13NO+. The van der Waals surface area contributed by atoms with E-state index in [0.29, 0.717) is 0 Å². The molecule has 1 aliphatic rings. The van der Waals surface area contributed by atoms with Gasteiger partial charge < -0.3 is 5.11 Å². The Labute approximate surface area is 50.1 Å². The third-order valence-corrected chi connectivity index (χ3v) is 1.69. The normalized spacial score (nSPS) is 26.2. The van der Waals surface area contributed by atoms with Gasteiger partial charge in [-0.3, -0.25) is 0 Å². The minimum atomic E-state index is -0.0220. The van der Waals surface area contributed by atoms with Crippen LogP contribution in [0, 0.1) is 0 Å². The maximum atomic E-state index is 9.00. The molecule has 8 heavy (non-hydrogen) atoms. The molecule has 0 unspecified atom stereocenters. The van der Waals surface area contributed by atoms with Crippen molar-refractivity contribution in [1.82, 2.24) is 4.90 Å². The number of piperidine rings is 1. The molecule has 0 aromatic carbocycles. The Kier molecular flexibility index (Phi) is 1.86. The first kappa shape index (κ1) is 6.05. The van der Waals surface area contributed by atoms with Gasteiger partial charge in [0.1, 0.15) is 20.1 Å². The molecular weight excluding hydrogens is 102 g/mol. The van der Waals surface area contributed by atoms with Crippen LogP contribution in [0.25, 0.3) is 0 Å². The molecule has 1 rings (SSSR count). The number of rotatable bonds is 0. The molecule has 47 valence electrons. The van der Waals surface area contributed by atoms with Gasteiger partial charge in [0, 0.05) is 12.8 Å². The molecule has 0 atom stereocenters. The van der Waals surface area contributed by atoms with Gasteiger partial charge in [0.2, 0.25) is 0 Å². The van der Waals surface area contributed by atoms with Crippen LogP contribution in [0.5, 0.6) is 0 Å². The zero-order valence-corrected chi connectivity index (χ0v) is 5.30. The molecule has 0 saturated carbocycles. The lowest BCUT2D eigenvalue weighted by Crippen LogP contribution is -2.37. The zero-order valence-electron chi connectivity index (χ0n) is 5.30. The van der Waals surface area contributed by atoms with Crippen molar-refractivity contribution < 1.29 is 5.11 Å². The maximum Gasteiger partial charge on any atom is 0.125 e. The van der Waals surface area contributed by atoms with E-state index in [1.54, 1.807) is 0 Å². The molecule has 2 heteroatoms. The van der Waals surface area contributed by atoms with E-state index in [-0.39, 0.29) is 6.10 Å². The fourth-order valence-corrected chi connectivity index (χ4v) is 0.995. The molecule has 1 aliphatic heterocycles. The summed E-state index contributed by atoms with van der Waals surface area (Å²) >= 11 is 0.